The molecule has 0 bridgehead atoms. The summed E-state index contributed by atoms with van der Waals surface area (Å²) in [6.07, 6.45) is 11.6. The number of amides is 1. The molecule has 1 amide bonds. The first-order chi connectivity index (χ1) is 14.2. The van der Waals surface area contributed by atoms with Gasteiger partial charge in [0.1, 0.15) is 17.2 Å². The molecule has 2 heterocycles. The van der Waals surface area contributed by atoms with Crippen LogP contribution in [-0.4, -0.2) is 23.2 Å². The van der Waals surface area contributed by atoms with Crippen molar-refractivity contribution >= 4 is 17.8 Å². The van der Waals surface area contributed by atoms with Crippen LogP contribution in [0.2, 0.25) is 0 Å². The molecule has 2 aromatic carbocycles. The van der Waals surface area contributed by atoms with Crippen molar-refractivity contribution < 1.29 is 4.79 Å². The lowest BCUT2D eigenvalue weighted by atomic mass is 9.69. The number of para-hydroxylation sites is 1. The fourth-order valence-electron chi connectivity index (χ4n) is 4.43. The summed E-state index contributed by atoms with van der Waals surface area (Å²) >= 11 is 0. The Kier molecular flexibility index (Phi) is 3.92. The molecule has 0 aromatic heterocycles. The van der Waals surface area contributed by atoms with Gasteiger partial charge in [-0.15, -0.1) is 0 Å². The standard InChI is InChI=1S/C24H18N4O/c25-15-18-14-24(28(23(18)29)26-16-17-8-2-1-3-9-17)19-10-4-6-12-21(19)27-22-13-7-5-11-20(22)24/h1-14,16,19,21,27H/b26-16+. The van der Waals surface area contributed by atoms with Crippen molar-refractivity contribution in [3.8, 4) is 6.07 Å². The molecule has 0 saturated heterocycles. The number of allylic oxidation sites excluding steroid dienone is 2. The molecular weight excluding hydrogens is 360 g/mol. The molecule has 3 unspecified atom stereocenters. The molecule has 0 saturated carbocycles. The number of fused-ring (bicyclic) bond motifs is 4. The number of rotatable bonds is 2. The van der Waals surface area contributed by atoms with Gasteiger partial charge in [-0.05, 0) is 17.7 Å². The maximum atomic E-state index is 13.2. The van der Waals surface area contributed by atoms with E-state index in [1.807, 2.05) is 66.7 Å². The van der Waals surface area contributed by atoms with Crippen LogP contribution < -0.4 is 5.32 Å². The lowest BCUT2D eigenvalue weighted by Gasteiger charge is -2.48. The van der Waals surface area contributed by atoms with Crippen molar-refractivity contribution in [2.75, 3.05) is 5.32 Å². The zero-order valence-corrected chi connectivity index (χ0v) is 15.6. The van der Waals surface area contributed by atoms with E-state index in [4.69, 9.17) is 0 Å². The first-order valence-corrected chi connectivity index (χ1v) is 9.51. The summed E-state index contributed by atoms with van der Waals surface area (Å²) in [6.45, 7) is 0. The Morgan fingerprint density at radius 1 is 1.07 bits per heavy atom. The third-order valence-electron chi connectivity index (χ3n) is 5.70. The van der Waals surface area contributed by atoms with Crippen LogP contribution in [-0.2, 0) is 10.3 Å². The highest BCUT2D eigenvalue weighted by atomic mass is 16.2. The topological polar surface area (TPSA) is 68.5 Å². The van der Waals surface area contributed by atoms with Gasteiger partial charge in [-0.25, -0.2) is 5.01 Å². The number of hydrogen-bond acceptors (Lipinski definition) is 4. The van der Waals surface area contributed by atoms with Crippen molar-refractivity contribution in [2.45, 2.75) is 11.6 Å². The van der Waals surface area contributed by atoms with Gasteiger partial charge in [0.05, 0.1) is 12.3 Å². The molecular formula is C24H18N4O. The highest BCUT2D eigenvalue weighted by molar-refractivity contribution is 6.02. The number of anilines is 1. The second-order valence-corrected chi connectivity index (χ2v) is 7.28. The Bertz CT molecular complexity index is 1140. The van der Waals surface area contributed by atoms with E-state index < -0.39 is 5.54 Å². The quantitative estimate of drug-likeness (QED) is 0.810. The SMILES string of the molecule is N#CC1=CC2(c3ccccc3NC3C=CC=CC32)N(/N=C/c2ccccc2)C1=O. The smallest absolute Gasteiger partial charge is 0.285 e. The lowest BCUT2D eigenvalue weighted by Crippen LogP contribution is -2.54. The molecule has 0 radical (unpaired) electrons. The van der Waals surface area contributed by atoms with E-state index in [-0.39, 0.29) is 23.4 Å². The van der Waals surface area contributed by atoms with Gasteiger partial charge >= 0.3 is 0 Å². The van der Waals surface area contributed by atoms with Crippen LogP contribution in [0.1, 0.15) is 11.1 Å². The Labute approximate surface area is 169 Å². The summed E-state index contributed by atoms with van der Waals surface area (Å²) in [6, 6.07) is 19.6. The number of nitriles is 1. The predicted molar refractivity (Wildman–Crippen MR) is 112 cm³/mol. The Morgan fingerprint density at radius 3 is 2.66 bits per heavy atom. The summed E-state index contributed by atoms with van der Waals surface area (Å²) in [7, 11) is 0. The van der Waals surface area contributed by atoms with Crippen molar-refractivity contribution in [3.63, 3.8) is 0 Å². The zero-order valence-electron chi connectivity index (χ0n) is 15.6. The highest BCUT2D eigenvalue weighted by Crippen LogP contribution is 2.52. The second kappa shape index (κ2) is 6.61. The molecule has 2 aliphatic heterocycles. The molecule has 2 aromatic rings. The lowest BCUT2D eigenvalue weighted by molar-refractivity contribution is -0.131. The summed E-state index contributed by atoms with van der Waals surface area (Å²) in [5.41, 5.74) is 2.02. The summed E-state index contributed by atoms with van der Waals surface area (Å²) in [4.78, 5) is 13.2. The number of nitrogens with zero attached hydrogens (tertiary/aromatic N) is 3. The van der Waals surface area contributed by atoms with E-state index in [1.54, 1.807) is 12.3 Å². The zero-order chi connectivity index (χ0) is 19.8. The van der Waals surface area contributed by atoms with Crippen molar-refractivity contribution in [1.29, 1.82) is 5.26 Å². The molecule has 5 rings (SSSR count). The van der Waals surface area contributed by atoms with Gasteiger partial charge in [-0.3, -0.25) is 4.79 Å². The van der Waals surface area contributed by atoms with Crippen LogP contribution in [0.15, 0.2) is 95.7 Å². The van der Waals surface area contributed by atoms with Crippen LogP contribution in [0.4, 0.5) is 5.69 Å². The number of carbonyl (C=O) groups excluding carboxylic acids is 1. The number of hydrazone groups is 1. The average Bonchev–Trinajstić information content (AvgIpc) is 3.05. The number of carbonyl (C=O) groups is 1. The maximum absolute atomic E-state index is 13.2. The predicted octanol–water partition coefficient (Wildman–Crippen LogP) is 3.74. The molecule has 29 heavy (non-hydrogen) atoms. The van der Waals surface area contributed by atoms with Gasteiger partial charge in [0.15, 0.2) is 0 Å². The summed E-state index contributed by atoms with van der Waals surface area (Å²) in [5.74, 6) is -0.469. The third kappa shape index (κ3) is 2.54. The van der Waals surface area contributed by atoms with E-state index >= 15 is 0 Å². The Morgan fingerprint density at radius 2 is 1.83 bits per heavy atom. The first kappa shape index (κ1) is 17.2. The maximum Gasteiger partial charge on any atom is 0.285 e. The molecule has 5 heteroatoms. The van der Waals surface area contributed by atoms with Gasteiger partial charge in [0.25, 0.3) is 5.91 Å². The highest BCUT2D eigenvalue weighted by Gasteiger charge is 2.56. The summed E-state index contributed by atoms with van der Waals surface area (Å²) < 4.78 is 0. The van der Waals surface area contributed by atoms with E-state index in [1.165, 1.54) is 5.01 Å². The normalized spacial score (nSPS) is 26.8. The Balaban J connectivity index is 1.72. The van der Waals surface area contributed by atoms with Crippen LogP contribution >= 0.6 is 0 Å². The van der Waals surface area contributed by atoms with E-state index in [2.05, 4.69) is 28.6 Å². The van der Waals surface area contributed by atoms with Gasteiger partial charge in [-0.1, -0.05) is 72.8 Å². The molecule has 140 valence electrons. The van der Waals surface area contributed by atoms with Crippen LogP contribution in [0.5, 0.6) is 0 Å². The molecule has 5 nitrogen and oxygen atoms in total. The van der Waals surface area contributed by atoms with Gasteiger partial charge < -0.3 is 5.32 Å². The molecule has 1 aliphatic carbocycles. The monoisotopic (exact) mass is 378 g/mol. The molecule has 3 atom stereocenters. The van der Waals surface area contributed by atoms with Crippen molar-refractivity contribution in [2.24, 2.45) is 11.0 Å². The van der Waals surface area contributed by atoms with Gasteiger partial charge in [0.2, 0.25) is 0 Å². The number of benzene rings is 2. The van der Waals surface area contributed by atoms with Crippen LogP contribution in [0.3, 0.4) is 0 Å². The number of hydrogen-bond donors (Lipinski definition) is 1. The van der Waals surface area contributed by atoms with Gasteiger partial charge in [0, 0.05) is 17.2 Å². The number of nitrogens with one attached hydrogen (secondary N) is 1. The van der Waals surface area contributed by atoms with E-state index in [0.29, 0.717) is 0 Å². The molecule has 1 N–H and O–H groups in total. The van der Waals surface area contributed by atoms with E-state index in [9.17, 15) is 10.1 Å². The van der Waals surface area contributed by atoms with Gasteiger partial charge in [-0.2, -0.15) is 10.4 Å². The van der Waals surface area contributed by atoms with Crippen LogP contribution in [0, 0.1) is 17.2 Å². The minimum absolute atomic E-state index is 0.00795. The summed E-state index contributed by atoms with van der Waals surface area (Å²) in [5, 5.41) is 19.3. The van der Waals surface area contributed by atoms with Crippen LogP contribution in [0.25, 0.3) is 0 Å². The fourth-order valence-corrected chi connectivity index (χ4v) is 4.43. The van der Waals surface area contributed by atoms with E-state index in [0.717, 1.165) is 16.8 Å². The average molecular weight is 378 g/mol. The molecule has 3 aliphatic rings. The minimum atomic E-state index is -0.860. The second-order valence-electron chi connectivity index (χ2n) is 7.28. The molecule has 0 fully saturated rings. The largest absolute Gasteiger partial charge is 0.378 e. The van der Waals surface area contributed by atoms with Crippen molar-refractivity contribution in [1.82, 2.24) is 5.01 Å². The minimum Gasteiger partial charge on any atom is -0.378 e. The molecule has 1 spiro atoms. The Hall–Kier alpha value is -3.91. The first-order valence-electron chi connectivity index (χ1n) is 9.51. The van der Waals surface area contributed by atoms with Crippen molar-refractivity contribution in [3.05, 3.63) is 102 Å². The fraction of sp³-hybridized carbons (Fsp3) is 0.125. The third-order valence-corrected chi connectivity index (χ3v) is 5.70.